The molecule has 4 nitrogen and oxygen atoms in total. The molecule has 0 aromatic carbocycles. The topological polar surface area (TPSA) is 50.7 Å². The van der Waals surface area contributed by atoms with Gasteiger partial charge in [0, 0.05) is 12.2 Å². The predicted octanol–water partition coefficient (Wildman–Crippen LogP) is 5.11. The number of pyridine rings is 1. The van der Waals surface area contributed by atoms with Gasteiger partial charge < -0.3 is 5.32 Å². The van der Waals surface area contributed by atoms with E-state index in [1.54, 1.807) is 12.5 Å². The third-order valence-corrected chi connectivity index (χ3v) is 4.85. The Morgan fingerprint density at radius 1 is 0.783 bits per heavy atom. The normalized spacial score (nSPS) is 19.0. The number of hydrogen-bond acceptors (Lipinski definition) is 4. The minimum absolute atomic E-state index is 0.521. The van der Waals surface area contributed by atoms with Gasteiger partial charge in [0.2, 0.25) is 0 Å². The zero-order valence-electron chi connectivity index (χ0n) is 14.0. The van der Waals surface area contributed by atoms with E-state index in [4.69, 9.17) is 0 Å². The number of nitrogens with zero attached hydrogens (tertiary/aromatic N) is 3. The molecule has 1 N–H and O–H groups in total. The predicted molar refractivity (Wildman–Crippen MR) is 95.5 cm³/mol. The summed E-state index contributed by atoms with van der Waals surface area (Å²) < 4.78 is 0. The number of nitrogens with one attached hydrogen (secondary N) is 1. The van der Waals surface area contributed by atoms with Crippen LogP contribution < -0.4 is 5.32 Å². The smallest absolute Gasteiger partial charge is 0.164 e. The van der Waals surface area contributed by atoms with Crippen molar-refractivity contribution in [3.63, 3.8) is 0 Å². The summed E-state index contributed by atoms with van der Waals surface area (Å²) in [6.45, 7) is 0. The third-order valence-electron chi connectivity index (χ3n) is 4.85. The van der Waals surface area contributed by atoms with Crippen LogP contribution in [0.5, 0.6) is 0 Å². The van der Waals surface area contributed by atoms with E-state index in [1.807, 2.05) is 6.07 Å². The van der Waals surface area contributed by atoms with Crippen LogP contribution >= 0.6 is 0 Å². The minimum Gasteiger partial charge on any atom is -0.367 e. The van der Waals surface area contributed by atoms with E-state index in [0.717, 1.165) is 16.9 Å². The first-order valence-electron chi connectivity index (χ1n) is 9.26. The highest BCUT2D eigenvalue weighted by atomic mass is 15.0. The number of aromatic nitrogens is 3. The summed E-state index contributed by atoms with van der Waals surface area (Å²) in [5.74, 6) is 0.945. The molecular weight excluding hydrogens is 284 g/mol. The van der Waals surface area contributed by atoms with Crippen molar-refractivity contribution < 1.29 is 0 Å². The van der Waals surface area contributed by atoms with Gasteiger partial charge in [0.1, 0.15) is 12.1 Å². The van der Waals surface area contributed by atoms with Gasteiger partial charge in [-0.2, -0.15) is 0 Å². The summed E-state index contributed by atoms with van der Waals surface area (Å²) in [5, 5.41) is 4.71. The lowest BCUT2D eigenvalue weighted by molar-refractivity contribution is 0.480. The Kier molecular flexibility index (Phi) is 6.18. The quantitative estimate of drug-likeness (QED) is 0.837. The number of hydrogen-bond donors (Lipinski definition) is 1. The van der Waals surface area contributed by atoms with Crippen molar-refractivity contribution in [1.29, 1.82) is 0 Å². The van der Waals surface area contributed by atoms with Gasteiger partial charge >= 0.3 is 0 Å². The van der Waals surface area contributed by atoms with Crippen molar-refractivity contribution in [1.82, 2.24) is 15.0 Å². The molecule has 0 spiro atoms. The van der Waals surface area contributed by atoms with Gasteiger partial charge in [-0.3, -0.25) is 0 Å². The number of anilines is 1. The van der Waals surface area contributed by atoms with Crippen LogP contribution in [0.15, 0.2) is 24.7 Å². The molecule has 2 heterocycles. The molecule has 0 saturated heterocycles. The summed E-state index contributed by atoms with van der Waals surface area (Å²) in [7, 11) is 0. The molecule has 4 heteroatoms. The van der Waals surface area contributed by atoms with Crippen LogP contribution in [0.4, 0.5) is 5.82 Å². The molecule has 23 heavy (non-hydrogen) atoms. The molecule has 3 rings (SSSR count). The highest BCUT2D eigenvalue weighted by Crippen LogP contribution is 2.22. The molecular formula is C19H28N4. The van der Waals surface area contributed by atoms with Gasteiger partial charge in [0.15, 0.2) is 5.65 Å². The van der Waals surface area contributed by atoms with Gasteiger partial charge in [-0.15, -0.1) is 0 Å². The lowest BCUT2D eigenvalue weighted by Crippen LogP contribution is -2.20. The molecule has 0 radical (unpaired) electrons. The first-order chi connectivity index (χ1) is 11.4. The van der Waals surface area contributed by atoms with E-state index >= 15 is 0 Å². The highest BCUT2D eigenvalue weighted by Gasteiger charge is 2.12. The Morgan fingerprint density at radius 2 is 1.43 bits per heavy atom. The second-order valence-electron chi connectivity index (χ2n) is 6.70. The Hall–Kier alpha value is -1.71. The van der Waals surface area contributed by atoms with Crippen molar-refractivity contribution in [2.75, 3.05) is 5.32 Å². The van der Waals surface area contributed by atoms with Crippen LogP contribution in [0.25, 0.3) is 11.0 Å². The summed E-state index contributed by atoms with van der Waals surface area (Å²) in [4.78, 5) is 13.1. The zero-order chi connectivity index (χ0) is 15.7. The molecule has 2 aromatic rings. The van der Waals surface area contributed by atoms with E-state index in [1.165, 1.54) is 70.6 Å². The van der Waals surface area contributed by atoms with Crippen LogP contribution in [0.3, 0.4) is 0 Å². The molecule has 1 aliphatic carbocycles. The summed E-state index contributed by atoms with van der Waals surface area (Å²) in [5.41, 5.74) is 0.776. The van der Waals surface area contributed by atoms with Crippen LogP contribution in [0.2, 0.25) is 0 Å². The van der Waals surface area contributed by atoms with Crippen molar-refractivity contribution in [3.8, 4) is 0 Å². The van der Waals surface area contributed by atoms with Crippen molar-refractivity contribution in [2.24, 2.45) is 0 Å². The third kappa shape index (κ3) is 4.88. The minimum atomic E-state index is 0.521. The lowest BCUT2D eigenvalue weighted by atomic mass is 9.98. The van der Waals surface area contributed by atoms with Gasteiger partial charge in [-0.1, -0.05) is 57.8 Å². The number of fused-ring (bicyclic) bond motifs is 1. The molecule has 0 unspecified atom stereocenters. The van der Waals surface area contributed by atoms with Crippen molar-refractivity contribution in [2.45, 2.75) is 76.7 Å². The number of rotatable bonds is 2. The molecule has 1 aliphatic rings. The maximum atomic E-state index is 4.47. The highest BCUT2D eigenvalue weighted by molar-refractivity contribution is 5.85. The lowest BCUT2D eigenvalue weighted by Gasteiger charge is -2.20. The van der Waals surface area contributed by atoms with E-state index < -0.39 is 0 Å². The van der Waals surface area contributed by atoms with Gasteiger partial charge in [0.05, 0.1) is 5.39 Å². The van der Waals surface area contributed by atoms with Crippen LogP contribution in [-0.2, 0) is 0 Å². The SMILES string of the molecule is c1cnc2ncnc(NC3CCCCCCCCCCC3)c2c1. The zero-order valence-corrected chi connectivity index (χ0v) is 14.0. The van der Waals surface area contributed by atoms with Crippen molar-refractivity contribution in [3.05, 3.63) is 24.7 Å². The van der Waals surface area contributed by atoms with Gasteiger partial charge in [-0.05, 0) is 25.0 Å². The fourth-order valence-corrected chi connectivity index (χ4v) is 3.51. The van der Waals surface area contributed by atoms with Gasteiger partial charge in [0.25, 0.3) is 0 Å². The second-order valence-corrected chi connectivity index (χ2v) is 6.70. The Morgan fingerprint density at radius 3 is 2.13 bits per heavy atom. The maximum Gasteiger partial charge on any atom is 0.164 e. The summed E-state index contributed by atoms with van der Waals surface area (Å²) in [6.07, 6.45) is 18.3. The van der Waals surface area contributed by atoms with E-state index in [9.17, 15) is 0 Å². The molecule has 1 fully saturated rings. The molecule has 0 aliphatic heterocycles. The fourth-order valence-electron chi connectivity index (χ4n) is 3.51. The monoisotopic (exact) mass is 312 g/mol. The molecule has 0 amide bonds. The average Bonchev–Trinajstić information content (AvgIpc) is 2.57. The standard InChI is InChI=1S/C19H28N4/c1-2-4-6-8-11-16(12-9-7-5-3-1)23-19-17-13-10-14-20-18(17)21-15-22-19/h10,13-16H,1-9,11-12H2,(H,20,21,22,23). The Balaban J connectivity index is 1.67. The molecule has 124 valence electrons. The summed E-state index contributed by atoms with van der Waals surface area (Å²) in [6, 6.07) is 4.53. The molecule has 0 bridgehead atoms. The largest absolute Gasteiger partial charge is 0.367 e. The first kappa shape index (κ1) is 16.2. The Bertz CT molecular complexity index is 581. The van der Waals surface area contributed by atoms with Crippen LogP contribution in [0, 0.1) is 0 Å². The Labute approximate surface area is 139 Å². The maximum absolute atomic E-state index is 4.47. The fraction of sp³-hybridized carbons (Fsp3) is 0.632. The van der Waals surface area contributed by atoms with E-state index in [-0.39, 0.29) is 0 Å². The van der Waals surface area contributed by atoms with E-state index in [2.05, 4.69) is 26.3 Å². The first-order valence-corrected chi connectivity index (χ1v) is 9.26. The second kappa shape index (κ2) is 8.80. The van der Waals surface area contributed by atoms with E-state index in [0.29, 0.717) is 6.04 Å². The summed E-state index contributed by atoms with van der Waals surface area (Å²) >= 11 is 0. The van der Waals surface area contributed by atoms with Crippen LogP contribution in [-0.4, -0.2) is 21.0 Å². The van der Waals surface area contributed by atoms with Crippen LogP contribution in [0.1, 0.15) is 70.6 Å². The molecule has 2 aromatic heterocycles. The van der Waals surface area contributed by atoms with Gasteiger partial charge in [-0.25, -0.2) is 15.0 Å². The molecule has 0 atom stereocenters. The average molecular weight is 312 g/mol. The molecule has 1 saturated carbocycles. The van der Waals surface area contributed by atoms with Crippen molar-refractivity contribution >= 4 is 16.9 Å².